The van der Waals surface area contributed by atoms with Crippen LogP contribution in [0.15, 0.2) is 30.5 Å². The molecule has 76 valence electrons. The Kier molecular flexibility index (Phi) is 1.95. The van der Waals surface area contributed by atoms with Crippen LogP contribution >= 0.6 is 11.3 Å². The monoisotopic (exact) mass is 226 g/mol. The Hall–Kier alpha value is -2.19. The first-order valence-electron chi connectivity index (χ1n) is 4.68. The summed E-state index contributed by atoms with van der Waals surface area (Å²) in [5.41, 5.74) is 2.17. The second kappa shape index (κ2) is 3.43. The maximum Gasteiger partial charge on any atom is 0.143 e. The Morgan fingerprint density at radius 1 is 1.31 bits per heavy atom. The maximum absolute atomic E-state index is 8.91. The Labute approximate surface area is 95.2 Å². The van der Waals surface area contributed by atoms with Gasteiger partial charge in [0.2, 0.25) is 0 Å². The first-order valence-corrected chi connectivity index (χ1v) is 5.49. The first-order chi connectivity index (χ1) is 7.88. The molecular formula is C11H6N4S. The molecule has 0 saturated carbocycles. The van der Waals surface area contributed by atoms with Crippen molar-refractivity contribution < 1.29 is 0 Å². The Bertz CT molecular complexity index is 656. The molecule has 0 unspecified atom stereocenters. The summed E-state index contributed by atoms with van der Waals surface area (Å²) in [6.07, 6.45) is 1.52. The third-order valence-electron chi connectivity index (χ3n) is 2.27. The van der Waals surface area contributed by atoms with Gasteiger partial charge in [0, 0.05) is 0 Å². The maximum atomic E-state index is 8.91. The van der Waals surface area contributed by atoms with Crippen molar-refractivity contribution in [1.82, 2.24) is 15.2 Å². The highest BCUT2D eigenvalue weighted by Crippen LogP contribution is 2.30. The van der Waals surface area contributed by atoms with Crippen LogP contribution in [0.2, 0.25) is 0 Å². The first kappa shape index (κ1) is 9.07. The molecule has 1 N–H and O–H groups in total. The molecule has 0 atom stereocenters. The van der Waals surface area contributed by atoms with Crippen LogP contribution in [-0.2, 0) is 0 Å². The second-order valence-corrected chi connectivity index (χ2v) is 4.29. The molecule has 0 radical (unpaired) electrons. The lowest BCUT2D eigenvalue weighted by molar-refractivity contribution is 1.09. The number of aromatic amines is 1. The van der Waals surface area contributed by atoms with E-state index in [1.54, 1.807) is 11.3 Å². The molecule has 0 aliphatic heterocycles. The topological polar surface area (TPSA) is 65.4 Å². The van der Waals surface area contributed by atoms with Crippen molar-refractivity contribution >= 4 is 21.6 Å². The molecule has 0 fully saturated rings. The summed E-state index contributed by atoms with van der Waals surface area (Å²) < 4.78 is 1.11. The minimum Gasteiger partial charge on any atom is -0.274 e. The molecule has 0 spiro atoms. The Balaban J connectivity index is 2.24. The van der Waals surface area contributed by atoms with Gasteiger partial charge in [-0.1, -0.05) is 12.1 Å². The third kappa shape index (κ3) is 1.28. The molecule has 4 nitrogen and oxygen atoms in total. The van der Waals surface area contributed by atoms with Gasteiger partial charge in [-0.3, -0.25) is 5.10 Å². The highest BCUT2D eigenvalue weighted by molar-refractivity contribution is 7.21. The van der Waals surface area contributed by atoms with Crippen LogP contribution in [0, 0.1) is 11.3 Å². The SMILES string of the molecule is N#Cc1cn[nH]c1-c1nc2ccccc2s1. The molecule has 0 saturated heterocycles. The fourth-order valence-corrected chi connectivity index (χ4v) is 2.49. The van der Waals surface area contributed by atoms with Crippen molar-refractivity contribution in [2.75, 3.05) is 0 Å². The van der Waals surface area contributed by atoms with Crippen molar-refractivity contribution in [3.63, 3.8) is 0 Å². The molecule has 0 bridgehead atoms. The van der Waals surface area contributed by atoms with Gasteiger partial charge in [-0.25, -0.2) is 4.98 Å². The number of hydrogen-bond acceptors (Lipinski definition) is 4. The Morgan fingerprint density at radius 2 is 2.19 bits per heavy atom. The van der Waals surface area contributed by atoms with Crippen LogP contribution in [0.3, 0.4) is 0 Å². The average Bonchev–Trinajstić information content (AvgIpc) is 2.94. The number of rotatable bonds is 1. The number of para-hydroxylation sites is 1. The van der Waals surface area contributed by atoms with E-state index in [0.717, 1.165) is 15.2 Å². The highest BCUT2D eigenvalue weighted by Gasteiger charge is 2.11. The Morgan fingerprint density at radius 3 is 3.00 bits per heavy atom. The molecule has 3 rings (SSSR count). The van der Waals surface area contributed by atoms with Crippen molar-refractivity contribution in [2.24, 2.45) is 0 Å². The molecule has 3 aromatic rings. The summed E-state index contributed by atoms with van der Waals surface area (Å²) in [5, 5.41) is 16.4. The van der Waals surface area contributed by atoms with Crippen molar-refractivity contribution in [3.8, 4) is 16.8 Å². The van der Waals surface area contributed by atoms with E-state index in [2.05, 4.69) is 21.3 Å². The van der Waals surface area contributed by atoms with Crippen LogP contribution in [0.5, 0.6) is 0 Å². The zero-order valence-corrected chi connectivity index (χ0v) is 8.95. The van der Waals surface area contributed by atoms with Gasteiger partial charge in [0.25, 0.3) is 0 Å². The van der Waals surface area contributed by atoms with E-state index >= 15 is 0 Å². The third-order valence-corrected chi connectivity index (χ3v) is 3.32. The molecule has 2 heterocycles. The summed E-state index contributed by atoms with van der Waals surface area (Å²) in [5.74, 6) is 0. The van der Waals surface area contributed by atoms with Crippen LogP contribution in [0.4, 0.5) is 0 Å². The molecular weight excluding hydrogens is 220 g/mol. The number of nitrogens with one attached hydrogen (secondary N) is 1. The van der Waals surface area contributed by atoms with Crippen LogP contribution in [0.1, 0.15) is 5.56 Å². The molecule has 1 aromatic carbocycles. The van der Waals surface area contributed by atoms with Gasteiger partial charge >= 0.3 is 0 Å². The largest absolute Gasteiger partial charge is 0.274 e. The fraction of sp³-hybridized carbons (Fsp3) is 0. The number of hydrogen-bond donors (Lipinski definition) is 1. The van der Waals surface area contributed by atoms with Gasteiger partial charge in [0.05, 0.1) is 16.4 Å². The van der Waals surface area contributed by atoms with Gasteiger partial charge in [-0.2, -0.15) is 10.4 Å². The van der Waals surface area contributed by atoms with Gasteiger partial charge < -0.3 is 0 Å². The second-order valence-electron chi connectivity index (χ2n) is 3.26. The van der Waals surface area contributed by atoms with Crippen molar-refractivity contribution in [1.29, 1.82) is 5.26 Å². The lowest BCUT2D eigenvalue weighted by atomic mass is 10.3. The highest BCUT2D eigenvalue weighted by atomic mass is 32.1. The number of fused-ring (bicyclic) bond motifs is 1. The minimum atomic E-state index is 0.527. The lowest BCUT2D eigenvalue weighted by Gasteiger charge is -1.88. The summed E-state index contributed by atoms with van der Waals surface area (Å²) >= 11 is 1.55. The van der Waals surface area contributed by atoms with Crippen molar-refractivity contribution in [3.05, 3.63) is 36.0 Å². The van der Waals surface area contributed by atoms with E-state index in [0.29, 0.717) is 11.3 Å². The number of benzene rings is 1. The molecule has 0 aliphatic rings. The standard InChI is InChI=1S/C11H6N4S/c12-5-7-6-13-15-10(7)11-14-8-3-1-2-4-9(8)16-11/h1-4,6H,(H,13,15). The number of aromatic nitrogens is 3. The summed E-state index contributed by atoms with van der Waals surface area (Å²) in [6, 6.07) is 9.98. The number of nitriles is 1. The van der Waals surface area contributed by atoms with E-state index in [-0.39, 0.29) is 0 Å². The molecule has 0 amide bonds. The molecule has 16 heavy (non-hydrogen) atoms. The smallest absolute Gasteiger partial charge is 0.143 e. The van der Waals surface area contributed by atoms with E-state index in [4.69, 9.17) is 5.26 Å². The van der Waals surface area contributed by atoms with E-state index in [1.807, 2.05) is 24.3 Å². The summed E-state index contributed by atoms with van der Waals surface area (Å²) in [6.45, 7) is 0. The van der Waals surface area contributed by atoms with Gasteiger partial charge in [-0.05, 0) is 12.1 Å². The molecule has 2 aromatic heterocycles. The summed E-state index contributed by atoms with van der Waals surface area (Å²) in [4.78, 5) is 4.46. The predicted molar refractivity (Wildman–Crippen MR) is 61.9 cm³/mol. The van der Waals surface area contributed by atoms with E-state index < -0.39 is 0 Å². The van der Waals surface area contributed by atoms with E-state index in [9.17, 15) is 0 Å². The van der Waals surface area contributed by atoms with Crippen LogP contribution in [0.25, 0.3) is 20.9 Å². The van der Waals surface area contributed by atoms with Gasteiger partial charge in [-0.15, -0.1) is 11.3 Å². The zero-order chi connectivity index (χ0) is 11.0. The summed E-state index contributed by atoms with van der Waals surface area (Å²) in [7, 11) is 0. The fourth-order valence-electron chi connectivity index (χ4n) is 1.51. The van der Waals surface area contributed by atoms with Gasteiger partial charge in [0.15, 0.2) is 0 Å². The predicted octanol–water partition coefficient (Wildman–Crippen LogP) is 2.56. The zero-order valence-electron chi connectivity index (χ0n) is 8.14. The van der Waals surface area contributed by atoms with Gasteiger partial charge in [0.1, 0.15) is 22.3 Å². The number of nitrogens with zero attached hydrogens (tertiary/aromatic N) is 3. The average molecular weight is 226 g/mol. The number of H-pyrrole nitrogens is 1. The van der Waals surface area contributed by atoms with Crippen LogP contribution < -0.4 is 0 Å². The van der Waals surface area contributed by atoms with Crippen LogP contribution in [-0.4, -0.2) is 15.2 Å². The minimum absolute atomic E-state index is 0.527. The molecule has 5 heteroatoms. The van der Waals surface area contributed by atoms with E-state index in [1.165, 1.54) is 6.20 Å². The quantitative estimate of drug-likeness (QED) is 0.693. The number of thiazole rings is 1. The molecule has 0 aliphatic carbocycles. The van der Waals surface area contributed by atoms with Crippen molar-refractivity contribution in [2.45, 2.75) is 0 Å². The normalized spacial score (nSPS) is 10.4. The lowest BCUT2D eigenvalue weighted by Crippen LogP contribution is -1.79.